The lowest BCUT2D eigenvalue weighted by atomic mass is 10.5. The number of rotatable bonds is 4. The predicted molar refractivity (Wildman–Crippen MR) is 55.6 cm³/mol. The van der Waals surface area contributed by atoms with Crippen molar-refractivity contribution in [1.29, 1.82) is 0 Å². The van der Waals surface area contributed by atoms with Crippen LogP contribution >= 0.6 is 11.3 Å². The molecule has 0 aliphatic heterocycles. The highest BCUT2D eigenvalue weighted by Gasteiger charge is 2.35. The topological polar surface area (TPSA) is 59.1 Å². The number of hydrogen-bond acceptors (Lipinski definition) is 4. The van der Waals surface area contributed by atoms with Gasteiger partial charge in [0.15, 0.2) is 0 Å². The van der Waals surface area contributed by atoms with Gasteiger partial charge in [0.25, 0.3) is 0 Å². The maximum absolute atomic E-state index is 11.4. The van der Waals surface area contributed by atoms with Crippen LogP contribution in [0.25, 0.3) is 0 Å². The van der Waals surface area contributed by atoms with Gasteiger partial charge >= 0.3 is 0 Å². The minimum atomic E-state index is -3.06. The largest absolute Gasteiger partial charge is 0.245 e. The molecule has 2 rings (SSSR count). The summed E-state index contributed by atoms with van der Waals surface area (Å²) in [4.78, 5) is 4.19. The molecule has 0 bridgehead atoms. The Hall–Kier alpha value is -0.460. The first-order valence-electron chi connectivity index (χ1n) is 4.47. The zero-order valence-electron chi connectivity index (χ0n) is 7.86. The van der Waals surface area contributed by atoms with Crippen LogP contribution in [-0.2, 0) is 16.6 Å². The molecule has 0 radical (unpaired) electrons. The second-order valence-electron chi connectivity index (χ2n) is 3.42. The van der Waals surface area contributed by atoms with E-state index in [0.29, 0.717) is 6.54 Å². The molecule has 1 aromatic rings. The number of aryl methyl sites for hydroxylation is 1. The van der Waals surface area contributed by atoms with E-state index in [-0.39, 0.29) is 5.25 Å². The fraction of sp³-hybridized carbons (Fsp3) is 0.625. The van der Waals surface area contributed by atoms with Crippen LogP contribution in [0, 0.1) is 6.92 Å². The van der Waals surface area contributed by atoms with Crippen molar-refractivity contribution in [2.75, 3.05) is 0 Å². The monoisotopic (exact) mass is 232 g/mol. The summed E-state index contributed by atoms with van der Waals surface area (Å²) in [7, 11) is -3.06. The van der Waals surface area contributed by atoms with Crippen LogP contribution < -0.4 is 4.72 Å². The number of thiazole rings is 1. The third-order valence-electron chi connectivity index (χ3n) is 2.08. The van der Waals surface area contributed by atoms with Crippen molar-refractivity contribution in [1.82, 2.24) is 9.71 Å². The average Bonchev–Trinajstić information content (AvgIpc) is 2.89. The number of hydrogen-bond donors (Lipinski definition) is 1. The first-order chi connectivity index (χ1) is 6.58. The summed E-state index contributed by atoms with van der Waals surface area (Å²) in [6.45, 7) is 2.23. The Morgan fingerprint density at radius 2 is 2.36 bits per heavy atom. The second-order valence-corrected chi connectivity index (χ2v) is 6.53. The maximum atomic E-state index is 11.4. The quantitative estimate of drug-likeness (QED) is 0.843. The Labute approximate surface area is 87.4 Å². The Balaban J connectivity index is 1.94. The Morgan fingerprint density at radius 1 is 1.64 bits per heavy atom. The van der Waals surface area contributed by atoms with Crippen LogP contribution in [0.2, 0.25) is 0 Å². The SMILES string of the molecule is Cc1nc(CNS(=O)(=O)C2CC2)cs1. The summed E-state index contributed by atoms with van der Waals surface area (Å²) in [5.74, 6) is 0. The van der Waals surface area contributed by atoms with Crippen molar-refractivity contribution in [2.24, 2.45) is 0 Å². The smallest absolute Gasteiger partial charge is 0.214 e. The van der Waals surface area contributed by atoms with E-state index < -0.39 is 10.0 Å². The molecule has 1 aromatic heterocycles. The number of sulfonamides is 1. The average molecular weight is 232 g/mol. The molecule has 1 saturated carbocycles. The van der Waals surface area contributed by atoms with E-state index in [0.717, 1.165) is 23.5 Å². The number of nitrogens with zero attached hydrogens (tertiary/aromatic N) is 1. The van der Waals surface area contributed by atoms with E-state index in [2.05, 4.69) is 9.71 Å². The summed E-state index contributed by atoms with van der Waals surface area (Å²) in [6.07, 6.45) is 1.59. The Morgan fingerprint density at radius 3 is 2.86 bits per heavy atom. The van der Waals surface area contributed by atoms with Crippen LogP contribution in [0.5, 0.6) is 0 Å². The van der Waals surface area contributed by atoms with Gasteiger partial charge < -0.3 is 0 Å². The van der Waals surface area contributed by atoms with Crippen LogP contribution in [0.3, 0.4) is 0 Å². The molecule has 1 aliphatic rings. The van der Waals surface area contributed by atoms with Gasteiger partial charge in [-0.3, -0.25) is 0 Å². The molecule has 6 heteroatoms. The highest BCUT2D eigenvalue weighted by molar-refractivity contribution is 7.90. The van der Waals surface area contributed by atoms with Crippen LogP contribution in [0.15, 0.2) is 5.38 Å². The third kappa shape index (κ3) is 2.31. The molecular weight excluding hydrogens is 220 g/mol. The predicted octanol–water partition coefficient (Wildman–Crippen LogP) is 1.03. The zero-order valence-corrected chi connectivity index (χ0v) is 9.49. The van der Waals surface area contributed by atoms with Crippen LogP contribution in [-0.4, -0.2) is 18.7 Å². The van der Waals surface area contributed by atoms with E-state index >= 15 is 0 Å². The van der Waals surface area contributed by atoms with E-state index in [1.807, 2.05) is 12.3 Å². The molecule has 0 unspecified atom stereocenters. The molecule has 4 nitrogen and oxygen atoms in total. The molecule has 0 aromatic carbocycles. The highest BCUT2D eigenvalue weighted by Crippen LogP contribution is 2.27. The zero-order chi connectivity index (χ0) is 10.2. The number of aromatic nitrogens is 1. The standard InChI is InChI=1S/C8H12N2O2S2/c1-6-10-7(5-13-6)4-9-14(11,12)8-2-3-8/h5,8-9H,2-4H2,1H3. The molecular formula is C8H12N2O2S2. The van der Waals surface area contributed by atoms with Gasteiger partial charge in [0.05, 0.1) is 22.5 Å². The molecule has 0 atom stereocenters. The van der Waals surface area contributed by atoms with Crippen molar-refractivity contribution in [3.8, 4) is 0 Å². The van der Waals surface area contributed by atoms with E-state index in [4.69, 9.17) is 0 Å². The molecule has 0 amide bonds. The first-order valence-corrected chi connectivity index (χ1v) is 6.90. The second kappa shape index (κ2) is 3.60. The van der Waals surface area contributed by atoms with Gasteiger partial charge in [0.2, 0.25) is 10.0 Å². The molecule has 78 valence electrons. The van der Waals surface area contributed by atoms with Crippen molar-refractivity contribution in [2.45, 2.75) is 31.6 Å². The lowest BCUT2D eigenvalue weighted by Crippen LogP contribution is -2.26. The van der Waals surface area contributed by atoms with Gasteiger partial charge in [-0.25, -0.2) is 18.1 Å². The normalized spacial score (nSPS) is 17.2. The third-order valence-corrected chi connectivity index (χ3v) is 4.80. The van der Waals surface area contributed by atoms with Crippen molar-refractivity contribution in [3.05, 3.63) is 16.1 Å². The van der Waals surface area contributed by atoms with Crippen molar-refractivity contribution < 1.29 is 8.42 Å². The van der Waals surface area contributed by atoms with Gasteiger partial charge in [0, 0.05) is 5.38 Å². The Bertz CT molecular complexity index is 420. The Kier molecular flexibility index (Phi) is 2.59. The van der Waals surface area contributed by atoms with Crippen LogP contribution in [0.4, 0.5) is 0 Å². The van der Waals surface area contributed by atoms with Crippen molar-refractivity contribution >= 4 is 21.4 Å². The highest BCUT2D eigenvalue weighted by atomic mass is 32.2. The fourth-order valence-electron chi connectivity index (χ4n) is 1.16. The summed E-state index contributed by atoms with van der Waals surface area (Å²) >= 11 is 1.53. The minimum Gasteiger partial charge on any atom is -0.245 e. The minimum absolute atomic E-state index is 0.151. The molecule has 0 spiro atoms. The van der Waals surface area contributed by atoms with E-state index in [1.165, 1.54) is 11.3 Å². The van der Waals surface area contributed by atoms with Crippen molar-refractivity contribution in [3.63, 3.8) is 0 Å². The van der Waals surface area contributed by atoms with Gasteiger partial charge in [0.1, 0.15) is 0 Å². The van der Waals surface area contributed by atoms with Gasteiger partial charge in [-0.15, -0.1) is 11.3 Å². The molecule has 14 heavy (non-hydrogen) atoms. The van der Waals surface area contributed by atoms with Crippen LogP contribution in [0.1, 0.15) is 23.5 Å². The summed E-state index contributed by atoms with van der Waals surface area (Å²) in [5.41, 5.74) is 0.803. The fourth-order valence-corrected chi connectivity index (χ4v) is 3.11. The van der Waals surface area contributed by atoms with Gasteiger partial charge in [-0.1, -0.05) is 0 Å². The summed E-state index contributed by atoms with van der Waals surface area (Å²) < 4.78 is 25.4. The summed E-state index contributed by atoms with van der Waals surface area (Å²) in [5, 5.41) is 2.69. The first kappa shape index (κ1) is 10.1. The lowest BCUT2D eigenvalue weighted by molar-refractivity contribution is 0.579. The van der Waals surface area contributed by atoms with Gasteiger partial charge in [-0.2, -0.15) is 0 Å². The van der Waals surface area contributed by atoms with E-state index in [1.54, 1.807) is 0 Å². The van der Waals surface area contributed by atoms with E-state index in [9.17, 15) is 8.42 Å². The lowest BCUT2D eigenvalue weighted by Gasteiger charge is -2.02. The number of nitrogens with one attached hydrogen (secondary N) is 1. The molecule has 1 fully saturated rings. The van der Waals surface area contributed by atoms with Gasteiger partial charge in [-0.05, 0) is 19.8 Å². The maximum Gasteiger partial charge on any atom is 0.214 e. The molecule has 1 aliphatic carbocycles. The molecule has 1 N–H and O–H groups in total. The molecule has 0 saturated heterocycles. The summed E-state index contributed by atoms with van der Waals surface area (Å²) in [6, 6.07) is 0. The molecule has 1 heterocycles.